The number of aromatic nitrogens is 2. The lowest BCUT2D eigenvalue weighted by atomic mass is 9.97. The number of likely N-dealkylation sites (tertiary alicyclic amines) is 1. The Bertz CT molecular complexity index is 946. The van der Waals surface area contributed by atoms with E-state index in [1.165, 1.54) is 0 Å². The van der Waals surface area contributed by atoms with Crippen LogP contribution in [0.3, 0.4) is 0 Å². The molecule has 172 valence electrons. The Morgan fingerprint density at radius 1 is 1.19 bits per heavy atom. The van der Waals surface area contributed by atoms with Crippen LogP contribution in [0.15, 0.2) is 24.3 Å². The van der Waals surface area contributed by atoms with Crippen molar-refractivity contribution in [2.24, 2.45) is 5.92 Å². The van der Waals surface area contributed by atoms with Crippen LogP contribution in [0.5, 0.6) is 5.75 Å². The predicted molar refractivity (Wildman–Crippen MR) is 121 cm³/mol. The normalized spacial score (nSPS) is 16.0. The van der Waals surface area contributed by atoms with E-state index >= 15 is 0 Å². The highest BCUT2D eigenvalue weighted by Gasteiger charge is 2.30. The van der Waals surface area contributed by atoms with Gasteiger partial charge in [0.25, 0.3) is 11.8 Å². The third-order valence-electron chi connectivity index (χ3n) is 5.09. The molecule has 2 aromatic rings. The summed E-state index contributed by atoms with van der Waals surface area (Å²) in [5.74, 6) is -0.361. The molecule has 1 aromatic heterocycles. The maximum Gasteiger partial charge on any atom is 0.286 e. The number of hydrogen-bond donors (Lipinski definition) is 2. The number of benzene rings is 1. The molecule has 1 atom stereocenters. The lowest BCUT2D eigenvalue weighted by Crippen LogP contribution is -2.46. The summed E-state index contributed by atoms with van der Waals surface area (Å²) in [5.41, 5.74) is 0.582. The van der Waals surface area contributed by atoms with Crippen molar-refractivity contribution in [3.05, 3.63) is 34.3 Å². The molecule has 3 rings (SSSR count). The largest absolute Gasteiger partial charge is 0.497 e. The quantitative estimate of drug-likeness (QED) is 0.610. The van der Waals surface area contributed by atoms with Crippen LogP contribution in [0.25, 0.3) is 0 Å². The van der Waals surface area contributed by atoms with Gasteiger partial charge < -0.3 is 25.2 Å². The van der Waals surface area contributed by atoms with E-state index in [-0.39, 0.29) is 27.7 Å². The summed E-state index contributed by atoms with van der Waals surface area (Å²) in [6, 6.07) is 6.88. The van der Waals surface area contributed by atoms with Crippen LogP contribution in [0.4, 0.5) is 5.69 Å². The fraction of sp³-hybridized carbons (Fsp3) is 0.476. The van der Waals surface area contributed by atoms with Crippen molar-refractivity contribution in [3.8, 4) is 5.75 Å². The number of rotatable bonds is 8. The highest BCUT2D eigenvalue weighted by atomic mass is 32.1. The van der Waals surface area contributed by atoms with Gasteiger partial charge in [-0.25, -0.2) is 0 Å². The summed E-state index contributed by atoms with van der Waals surface area (Å²) in [4.78, 5) is 41.4. The van der Waals surface area contributed by atoms with Gasteiger partial charge in [0, 0.05) is 31.9 Å². The topological polar surface area (TPSA) is 117 Å². The molecule has 0 saturated carbocycles. The Morgan fingerprint density at radius 3 is 2.59 bits per heavy atom. The molecule has 0 unspecified atom stereocenters. The molecule has 10 nitrogen and oxygen atoms in total. The SMILES string of the molecule is COc1ccc(NC(=O)c2nnc(C(=O)N3CCC[C@H](C(=O)NCCN(C)C)C3)s2)cc1. The molecule has 0 bridgehead atoms. The van der Waals surface area contributed by atoms with Crippen LogP contribution < -0.4 is 15.4 Å². The molecule has 2 heterocycles. The van der Waals surface area contributed by atoms with Gasteiger partial charge in [0.2, 0.25) is 15.9 Å². The Balaban J connectivity index is 1.57. The number of amides is 3. The van der Waals surface area contributed by atoms with Gasteiger partial charge in [0.05, 0.1) is 13.0 Å². The second-order valence-electron chi connectivity index (χ2n) is 7.78. The standard InChI is InChI=1S/C21H28N6O4S/c1-26(2)12-10-22-17(28)14-5-4-11-27(13-14)21(30)20-25-24-19(32-20)18(29)23-15-6-8-16(31-3)9-7-15/h6-9,14H,4-5,10-13H2,1-3H3,(H,22,28)(H,23,29)/t14-/m0/s1. The molecule has 1 aromatic carbocycles. The van der Waals surface area contributed by atoms with Crippen molar-refractivity contribution in [3.63, 3.8) is 0 Å². The fourth-order valence-corrected chi connectivity index (χ4v) is 4.02. The fourth-order valence-electron chi connectivity index (χ4n) is 3.32. The molecule has 11 heteroatoms. The first-order valence-corrected chi connectivity index (χ1v) is 11.2. The summed E-state index contributed by atoms with van der Waals surface area (Å²) < 4.78 is 5.09. The number of carbonyl (C=O) groups is 3. The molecule has 1 saturated heterocycles. The molecule has 1 aliphatic heterocycles. The number of likely N-dealkylation sites (N-methyl/N-ethyl adjacent to an activating group) is 1. The van der Waals surface area contributed by atoms with E-state index in [4.69, 9.17) is 4.74 Å². The first-order valence-electron chi connectivity index (χ1n) is 10.4. The Kier molecular flexibility index (Phi) is 8.12. The second-order valence-corrected chi connectivity index (χ2v) is 8.76. The average Bonchev–Trinajstić information content (AvgIpc) is 3.29. The number of anilines is 1. The zero-order valence-electron chi connectivity index (χ0n) is 18.5. The third-order valence-corrected chi connectivity index (χ3v) is 6.00. The number of ether oxygens (including phenoxy) is 1. The van der Waals surface area contributed by atoms with E-state index in [0.717, 1.165) is 30.7 Å². The maximum atomic E-state index is 12.9. The van der Waals surface area contributed by atoms with Gasteiger partial charge in [-0.2, -0.15) is 0 Å². The Morgan fingerprint density at radius 2 is 1.91 bits per heavy atom. The Hall–Kier alpha value is -3.05. The van der Waals surface area contributed by atoms with Gasteiger partial charge in [-0.15, -0.1) is 10.2 Å². The summed E-state index contributed by atoms with van der Waals surface area (Å²) in [5, 5.41) is 13.7. The van der Waals surface area contributed by atoms with Crippen molar-refractivity contribution in [1.29, 1.82) is 0 Å². The minimum absolute atomic E-state index is 0.0406. The summed E-state index contributed by atoms with van der Waals surface area (Å²) in [6.45, 7) is 2.21. The lowest BCUT2D eigenvalue weighted by molar-refractivity contribution is -0.126. The van der Waals surface area contributed by atoms with Crippen LogP contribution in [0, 0.1) is 5.92 Å². The number of piperidine rings is 1. The molecule has 2 N–H and O–H groups in total. The summed E-state index contributed by atoms with van der Waals surface area (Å²) in [6.07, 6.45) is 1.48. The summed E-state index contributed by atoms with van der Waals surface area (Å²) >= 11 is 0.940. The highest BCUT2D eigenvalue weighted by molar-refractivity contribution is 7.15. The van der Waals surface area contributed by atoms with Crippen molar-refractivity contribution in [2.75, 3.05) is 52.7 Å². The molecule has 32 heavy (non-hydrogen) atoms. The number of nitrogens with zero attached hydrogens (tertiary/aromatic N) is 4. The van der Waals surface area contributed by atoms with Crippen LogP contribution in [0.1, 0.15) is 32.4 Å². The minimum atomic E-state index is -0.441. The van der Waals surface area contributed by atoms with Gasteiger partial charge in [-0.3, -0.25) is 14.4 Å². The molecule has 0 aliphatic carbocycles. The average molecular weight is 461 g/mol. The molecule has 3 amide bonds. The zero-order valence-corrected chi connectivity index (χ0v) is 19.3. The second kappa shape index (κ2) is 11.0. The van der Waals surface area contributed by atoms with Crippen molar-refractivity contribution >= 4 is 34.7 Å². The molecular formula is C21H28N6O4S. The van der Waals surface area contributed by atoms with Gasteiger partial charge in [-0.1, -0.05) is 11.3 Å². The smallest absolute Gasteiger partial charge is 0.286 e. The van der Waals surface area contributed by atoms with Crippen molar-refractivity contribution in [1.82, 2.24) is 25.3 Å². The molecule has 0 radical (unpaired) electrons. The van der Waals surface area contributed by atoms with Gasteiger partial charge in [0.1, 0.15) is 5.75 Å². The highest BCUT2D eigenvalue weighted by Crippen LogP contribution is 2.21. The number of methoxy groups -OCH3 is 1. The molecule has 1 aliphatic rings. The van der Waals surface area contributed by atoms with Gasteiger partial charge in [-0.05, 0) is 51.2 Å². The molecular weight excluding hydrogens is 432 g/mol. The summed E-state index contributed by atoms with van der Waals surface area (Å²) in [7, 11) is 5.46. The van der Waals surface area contributed by atoms with E-state index in [2.05, 4.69) is 20.8 Å². The van der Waals surface area contributed by atoms with Crippen molar-refractivity contribution < 1.29 is 19.1 Å². The predicted octanol–water partition coefficient (Wildman–Crippen LogP) is 1.33. The van der Waals surface area contributed by atoms with E-state index in [1.54, 1.807) is 36.3 Å². The van der Waals surface area contributed by atoms with E-state index in [0.29, 0.717) is 31.1 Å². The Labute approximate surface area is 190 Å². The third kappa shape index (κ3) is 6.24. The van der Waals surface area contributed by atoms with Crippen LogP contribution in [-0.2, 0) is 4.79 Å². The molecule has 0 spiro atoms. The first kappa shape index (κ1) is 23.6. The van der Waals surface area contributed by atoms with Gasteiger partial charge in [0.15, 0.2) is 0 Å². The number of nitrogens with one attached hydrogen (secondary N) is 2. The lowest BCUT2D eigenvalue weighted by Gasteiger charge is -2.31. The van der Waals surface area contributed by atoms with E-state index in [9.17, 15) is 14.4 Å². The van der Waals surface area contributed by atoms with Crippen LogP contribution in [0.2, 0.25) is 0 Å². The van der Waals surface area contributed by atoms with E-state index in [1.807, 2.05) is 19.0 Å². The monoisotopic (exact) mass is 460 g/mol. The first-order chi connectivity index (χ1) is 15.4. The maximum absolute atomic E-state index is 12.9. The van der Waals surface area contributed by atoms with Gasteiger partial charge >= 0.3 is 0 Å². The number of carbonyl (C=O) groups excluding carboxylic acids is 3. The van der Waals surface area contributed by atoms with Crippen LogP contribution >= 0.6 is 11.3 Å². The number of hydrogen-bond acceptors (Lipinski definition) is 8. The minimum Gasteiger partial charge on any atom is -0.497 e. The zero-order chi connectivity index (χ0) is 23.1. The van der Waals surface area contributed by atoms with Crippen LogP contribution in [-0.4, -0.2) is 85.1 Å². The van der Waals surface area contributed by atoms with Crippen molar-refractivity contribution in [2.45, 2.75) is 12.8 Å². The van der Waals surface area contributed by atoms with E-state index < -0.39 is 5.91 Å². The molecule has 1 fully saturated rings.